The van der Waals surface area contributed by atoms with E-state index in [2.05, 4.69) is 4.74 Å². The lowest BCUT2D eigenvalue weighted by Crippen LogP contribution is -2.07. The number of carbonyl (C=O) groups excluding carboxylic acids is 2. The van der Waals surface area contributed by atoms with E-state index in [9.17, 15) is 9.59 Å². The number of methoxy groups -OCH3 is 1. The van der Waals surface area contributed by atoms with Gasteiger partial charge in [0.2, 0.25) is 0 Å². The smallest absolute Gasteiger partial charge is 0.313 e. The highest BCUT2D eigenvalue weighted by atomic mass is 32.1. The predicted octanol–water partition coefficient (Wildman–Crippen LogP) is 1.49. The highest BCUT2D eigenvalue weighted by Gasteiger charge is 2.11. The van der Waals surface area contributed by atoms with Crippen molar-refractivity contribution in [2.45, 2.75) is 6.42 Å². The molecule has 0 bridgehead atoms. The first kappa shape index (κ1) is 8.93. The number of ketones is 1. The van der Waals surface area contributed by atoms with Crippen LogP contribution in [0.1, 0.15) is 16.1 Å². The van der Waals surface area contributed by atoms with Crippen molar-refractivity contribution >= 4 is 23.1 Å². The van der Waals surface area contributed by atoms with Crippen LogP contribution in [-0.2, 0) is 9.53 Å². The van der Waals surface area contributed by atoms with Crippen molar-refractivity contribution in [1.29, 1.82) is 0 Å². The minimum atomic E-state index is -0.492. The van der Waals surface area contributed by atoms with Crippen LogP contribution in [0.3, 0.4) is 0 Å². The molecule has 0 aromatic carbocycles. The number of esters is 1. The van der Waals surface area contributed by atoms with Gasteiger partial charge in [-0.2, -0.15) is 0 Å². The van der Waals surface area contributed by atoms with Crippen molar-refractivity contribution < 1.29 is 14.3 Å². The number of carbonyl (C=O) groups is 2. The highest BCUT2D eigenvalue weighted by Crippen LogP contribution is 2.11. The normalized spacial score (nSPS) is 9.42. The van der Waals surface area contributed by atoms with Gasteiger partial charge in [-0.1, -0.05) is 6.07 Å². The molecule has 0 aliphatic heterocycles. The van der Waals surface area contributed by atoms with Crippen LogP contribution in [0.2, 0.25) is 0 Å². The largest absolute Gasteiger partial charge is 0.469 e. The summed E-state index contributed by atoms with van der Waals surface area (Å²) in [5.74, 6) is -0.676. The van der Waals surface area contributed by atoms with E-state index in [1.807, 2.05) is 0 Å². The highest BCUT2D eigenvalue weighted by molar-refractivity contribution is 7.12. The summed E-state index contributed by atoms with van der Waals surface area (Å²) in [6, 6.07) is 3.46. The molecule has 0 aliphatic rings. The number of hydrogen-bond acceptors (Lipinski definition) is 4. The molecule has 3 nitrogen and oxygen atoms in total. The van der Waals surface area contributed by atoms with Gasteiger partial charge >= 0.3 is 5.97 Å². The molecule has 12 heavy (non-hydrogen) atoms. The van der Waals surface area contributed by atoms with Crippen LogP contribution in [0, 0.1) is 0 Å². The Hall–Kier alpha value is -1.16. The Morgan fingerprint density at radius 1 is 1.58 bits per heavy atom. The molecular weight excluding hydrogens is 176 g/mol. The molecule has 1 heterocycles. The Balaban J connectivity index is 2.56. The second-order valence-electron chi connectivity index (χ2n) is 2.15. The number of ether oxygens (including phenoxy) is 1. The maximum atomic E-state index is 11.2. The third-order valence-corrected chi connectivity index (χ3v) is 2.24. The molecule has 1 aromatic rings. The lowest BCUT2D eigenvalue weighted by molar-refractivity contribution is -0.139. The van der Waals surface area contributed by atoms with E-state index < -0.39 is 5.97 Å². The van der Waals surface area contributed by atoms with E-state index in [1.54, 1.807) is 17.5 Å². The summed E-state index contributed by atoms with van der Waals surface area (Å²) in [4.78, 5) is 22.5. The molecule has 0 amide bonds. The first-order valence-corrected chi connectivity index (χ1v) is 4.25. The maximum Gasteiger partial charge on any atom is 0.313 e. The molecule has 0 atom stereocenters. The molecule has 0 N–H and O–H groups in total. The van der Waals surface area contributed by atoms with E-state index in [0.29, 0.717) is 4.88 Å². The van der Waals surface area contributed by atoms with Gasteiger partial charge in [0.25, 0.3) is 0 Å². The maximum absolute atomic E-state index is 11.2. The topological polar surface area (TPSA) is 43.4 Å². The molecular formula is C8H8O3S. The van der Waals surface area contributed by atoms with Gasteiger partial charge in [0.05, 0.1) is 12.0 Å². The average Bonchev–Trinajstić information content (AvgIpc) is 2.56. The predicted molar refractivity (Wildman–Crippen MR) is 45.3 cm³/mol. The summed E-state index contributed by atoms with van der Waals surface area (Å²) < 4.78 is 4.36. The van der Waals surface area contributed by atoms with Crippen LogP contribution in [0.25, 0.3) is 0 Å². The van der Waals surface area contributed by atoms with Gasteiger partial charge in [0.1, 0.15) is 6.42 Å². The monoisotopic (exact) mass is 184 g/mol. The molecule has 0 aliphatic carbocycles. The minimum Gasteiger partial charge on any atom is -0.469 e. The van der Waals surface area contributed by atoms with E-state index in [-0.39, 0.29) is 12.2 Å². The summed E-state index contributed by atoms with van der Waals surface area (Å²) in [5.41, 5.74) is 0. The third-order valence-electron chi connectivity index (χ3n) is 1.33. The minimum absolute atomic E-state index is 0.170. The number of rotatable bonds is 3. The second-order valence-corrected chi connectivity index (χ2v) is 3.10. The molecule has 0 spiro atoms. The van der Waals surface area contributed by atoms with Gasteiger partial charge in [0.15, 0.2) is 5.78 Å². The molecule has 0 saturated carbocycles. The van der Waals surface area contributed by atoms with Gasteiger partial charge in [-0.25, -0.2) is 0 Å². The quantitative estimate of drug-likeness (QED) is 0.406. The Kier molecular flexibility index (Phi) is 2.99. The molecule has 64 valence electrons. The van der Waals surface area contributed by atoms with Gasteiger partial charge < -0.3 is 4.74 Å². The molecule has 4 heteroatoms. The van der Waals surface area contributed by atoms with Crippen molar-refractivity contribution in [3.05, 3.63) is 22.4 Å². The summed E-state index contributed by atoms with van der Waals surface area (Å²) in [6.07, 6.45) is -0.170. The Bertz CT molecular complexity index is 277. The van der Waals surface area contributed by atoms with Gasteiger partial charge in [-0.3, -0.25) is 9.59 Å². The van der Waals surface area contributed by atoms with Gasteiger partial charge in [0, 0.05) is 0 Å². The van der Waals surface area contributed by atoms with Crippen LogP contribution in [0.15, 0.2) is 17.5 Å². The van der Waals surface area contributed by atoms with Crippen LogP contribution in [0.5, 0.6) is 0 Å². The van der Waals surface area contributed by atoms with E-state index in [0.717, 1.165) is 0 Å². The van der Waals surface area contributed by atoms with E-state index in [4.69, 9.17) is 0 Å². The van der Waals surface area contributed by atoms with E-state index in [1.165, 1.54) is 18.4 Å². The molecule has 0 unspecified atom stereocenters. The summed E-state index contributed by atoms with van der Waals surface area (Å²) in [6.45, 7) is 0. The number of hydrogen-bond donors (Lipinski definition) is 0. The van der Waals surface area contributed by atoms with Gasteiger partial charge in [-0.05, 0) is 11.4 Å². The van der Waals surface area contributed by atoms with Crippen LogP contribution < -0.4 is 0 Å². The second kappa shape index (κ2) is 4.01. The molecule has 0 saturated heterocycles. The molecule has 1 rings (SSSR count). The lowest BCUT2D eigenvalue weighted by Gasteiger charge is -1.95. The third kappa shape index (κ3) is 2.17. The summed E-state index contributed by atoms with van der Waals surface area (Å²) in [5, 5.41) is 1.80. The van der Waals surface area contributed by atoms with Crippen LogP contribution in [0.4, 0.5) is 0 Å². The Morgan fingerprint density at radius 2 is 2.33 bits per heavy atom. The fourth-order valence-electron chi connectivity index (χ4n) is 0.728. The number of Topliss-reactive ketones (excluding diaryl/α,β-unsaturated/α-hetero) is 1. The summed E-state index contributed by atoms with van der Waals surface area (Å²) >= 11 is 1.33. The summed E-state index contributed by atoms with van der Waals surface area (Å²) in [7, 11) is 1.27. The first-order chi connectivity index (χ1) is 5.74. The SMILES string of the molecule is COC(=O)CC(=O)c1cccs1. The average molecular weight is 184 g/mol. The number of thiophene rings is 1. The van der Waals surface area contributed by atoms with Crippen LogP contribution in [-0.4, -0.2) is 18.9 Å². The Morgan fingerprint density at radius 3 is 2.83 bits per heavy atom. The zero-order valence-electron chi connectivity index (χ0n) is 6.57. The van der Waals surface area contributed by atoms with Crippen molar-refractivity contribution in [3.63, 3.8) is 0 Å². The van der Waals surface area contributed by atoms with Crippen molar-refractivity contribution in [1.82, 2.24) is 0 Å². The molecule has 1 aromatic heterocycles. The standard InChI is InChI=1S/C8H8O3S/c1-11-8(10)5-6(9)7-3-2-4-12-7/h2-4H,5H2,1H3. The van der Waals surface area contributed by atoms with Gasteiger partial charge in [-0.15, -0.1) is 11.3 Å². The van der Waals surface area contributed by atoms with E-state index >= 15 is 0 Å². The zero-order chi connectivity index (χ0) is 8.97. The first-order valence-electron chi connectivity index (χ1n) is 3.37. The van der Waals surface area contributed by atoms with Crippen molar-refractivity contribution in [2.75, 3.05) is 7.11 Å². The van der Waals surface area contributed by atoms with Crippen molar-refractivity contribution in [2.24, 2.45) is 0 Å². The molecule has 0 fully saturated rings. The Labute approximate surface area is 74.0 Å². The van der Waals surface area contributed by atoms with Crippen LogP contribution >= 0.6 is 11.3 Å². The molecule has 0 radical (unpaired) electrons. The van der Waals surface area contributed by atoms with Crippen molar-refractivity contribution in [3.8, 4) is 0 Å². The zero-order valence-corrected chi connectivity index (χ0v) is 7.39. The fraction of sp³-hybridized carbons (Fsp3) is 0.250. The fourth-order valence-corrected chi connectivity index (χ4v) is 1.39. The lowest BCUT2D eigenvalue weighted by atomic mass is 10.2.